The molecule has 3 amide bonds. The van der Waals surface area contributed by atoms with Gasteiger partial charge in [0.25, 0.3) is 0 Å². The largest absolute Gasteiger partial charge is 0.497 e. The van der Waals surface area contributed by atoms with E-state index < -0.39 is 24.1 Å². The lowest BCUT2D eigenvalue weighted by Crippen LogP contribution is -2.51. The standard InChI is InChI=1S/C25H31N3O7/c1-15(2)10-20(24(31)26-13-16-4-7-18(33-3)8-5-16)28-25(32)27-19(12-23(29)30)17-6-9-21-22(11-17)35-14-34-21/h4-9,11,15,19-20H,10,12-14H2,1-3H3,(H,26,31)(H,29,30)(H2,27,28,32)/t19?,20-/m1/s1. The van der Waals surface area contributed by atoms with Crippen molar-refractivity contribution in [3.8, 4) is 17.2 Å². The number of nitrogens with one attached hydrogen (secondary N) is 3. The first kappa shape index (κ1) is 25.7. The molecule has 4 N–H and O–H groups in total. The van der Waals surface area contributed by atoms with Crippen LogP contribution in [0.3, 0.4) is 0 Å². The molecule has 10 nitrogen and oxygen atoms in total. The first-order valence-electron chi connectivity index (χ1n) is 11.3. The minimum absolute atomic E-state index is 0.0822. The molecule has 0 saturated carbocycles. The summed E-state index contributed by atoms with van der Waals surface area (Å²) < 4.78 is 15.8. The van der Waals surface area contributed by atoms with Crippen LogP contribution in [0, 0.1) is 5.92 Å². The highest BCUT2D eigenvalue weighted by molar-refractivity contribution is 5.87. The molecule has 1 aliphatic heterocycles. The molecule has 188 valence electrons. The second-order valence-corrected chi connectivity index (χ2v) is 8.63. The number of hydrogen-bond acceptors (Lipinski definition) is 6. The molecular formula is C25H31N3O7. The molecule has 10 heteroatoms. The van der Waals surface area contributed by atoms with E-state index in [0.29, 0.717) is 30.0 Å². The van der Waals surface area contributed by atoms with Gasteiger partial charge in [0, 0.05) is 6.54 Å². The van der Waals surface area contributed by atoms with Gasteiger partial charge in [0.1, 0.15) is 11.8 Å². The molecule has 35 heavy (non-hydrogen) atoms. The molecule has 0 bridgehead atoms. The monoisotopic (exact) mass is 485 g/mol. The zero-order chi connectivity index (χ0) is 25.4. The summed E-state index contributed by atoms with van der Waals surface area (Å²) in [7, 11) is 1.58. The summed E-state index contributed by atoms with van der Waals surface area (Å²) in [5.74, 6) is 0.477. The van der Waals surface area contributed by atoms with Crippen molar-refractivity contribution in [2.75, 3.05) is 13.9 Å². The number of benzene rings is 2. The molecule has 3 rings (SSSR count). The van der Waals surface area contributed by atoms with Crippen molar-refractivity contribution in [2.45, 2.75) is 45.3 Å². The quantitative estimate of drug-likeness (QED) is 0.384. The summed E-state index contributed by atoms with van der Waals surface area (Å²) in [6.45, 7) is 4.27. The summed E-state index contributed by atoms with van der Waals surface area (Å²) >= 11 is 0. The number of carbonyl (C=O) groups excluding carboxylic acids is 2. The molecule has 2 aromatic carbocycles. The van der Waals surface area contributed by atoms with Crippen molar-refractivity contribution in [1.82, 2.24) is 16.0 Å². The Labute approximate surface area is 203 Å². The second-order valence-electron chi connectivity index (χ2n) is 8.63. The lowest BCUT2D eigenvalue weighted by atomic mass is 10.0. The van der Waals surface area contributed by atoms with Crippen molar-refractivity contribution in [2.24, 2.45) is 5.92 Å². The predicted octanol–water partition coefficient (Wildman–Crippen LogP) is 2.97. The Bertz CT molecular complexity index is 1040. The fourth-order valence-electron chi connectivity index (χ4n) is 3.67. The lowest BCUT2D eigenvalue weighted by Gasteiger charge is -2.23. The minimum atomic E-state index is -1.08. The average Bonchev–Trinajstić information content (AvgIpc) is 3.29. The Kier molecular flexibility index (Phi) is 8.77. The molecule has 0 saturated heterocycles. The second kappa shape index (κ2) is 12.0. The number of rotatable bonds is 11. The highest BCUT2D eigenvalue weighted by atomic mass is 16.7. The first-order valence-corrected chi connectivity index (χ1v) is 11.3. The Balaban J connectivity index is 1.64. The van der Waals surface area contributed by atoms with Gasteiger partial charge in [-0.3, -0.25) is 9.59 Å². The van der Waals surface area contributed by atoms with Gasteiger partial charge in [-0.05, 0) is 47.7 Å². The van der Waals surface area contributed by atoms with E-state index in [1.54, 1.807) is 37.4 Å². The Morgan fingerprint density at radius 2 is 1.74 bits per heavy atom. The maximum absolute atomic E-state index is 12.9. The van der Waals surface area contributed by atoms with Crippen LogP contribution >= 0.6 is 0 Å². The predicted molar refractivity (Wildman–Crippen MR) is 127 cm³/mol. The number of ether oxygens (including phenoxy) is 3. The molecule has 0 radical (unpaired) electrons. The highest BCUT2D eigenvalue weighted by Gasteiger charge is 2.25. The van der Waals surface area contributed by atoms with E-state index in [4.69, 9.17) is 14.2 Å². The van der Waals surface area contributed by atoms with Gasteiger partial charge in [-0.25, -0.2) is 4.79 Å². The maximum atomic E-state index is 12.9. The molecule has 0 fully saturated rings. The number of amides is 3. The molecule has 0 aromatic heterocycles. The molecule has 2 aromatic rings. The zero-order valence-corrected chi connectivity index (χ0v) is 20.0. The van der Waals surface area contributed by atoms with E-state index in [-0.39, 0.29) is 25.0 Å². The van der Waals surface area contributed by atoms with Gasteiger partial charge < -0.3 is 35.3 Å². The number of fused-ring (bicyclic) bond motifs is 1. The van der Waals surface area contributed by atoms with E-state index >= 15 is 0 Å². The molecule has 0 spiro atoms. The smallest absolute Gasteiger partial charge is 0.315 e. The summed E-state index contributed by atoms with van der Waals surface area (Å²) in [6.07, 6.45) is 0.0705. The number of aliphatic carboxylic acids is 1. The number of carboxylic acid groups (broad SMARTS) is 1. The Hall–Kier alpha value is -3.95. The lowest BCUT2D eigenvalue weighted by molar-refractivity contribution is -0.137. The first-order chi connectivity index (χ1) is 16.7. The summed E-state index contributed by atoms with van der Waals surface area (Å²) in [5.41, 5.74) is 1.44. The van der Waals surface area contributed by atoms with Crippen LogP contribution in [0.2, 0.25) is 0 Å². The van der Waals surface area contributed by atoms with Crippen molar-refractivity contribution in [3.63, 3.8) is 0 Å². The average molecular weight is 486 g/mol. The fraction of sp³-hybridized carbons (Fsp3) is 0.400. The van der Waals surface area contributed by atoms with Crippen LogP contribution in [0.15, 0.2) is 42.5 Å². The van der Waals surface area contributed by atoms with Crippen molar-refractivity contribution < 1.29 is 33.7 Å². The van der Waals surface area contributed by atoms with Crippen LogP contribution in [0.1, 0.15) is 43.9 Å². The minimum Gasteiger partial charge on any atom is -0.497 e. The SMILES string of the molecule is COc1ccc(CNC(=O)[C@@H](CC(C)C)NC(=O)NC(CC(=O)O)c2ccc3c(c2)OCO3)cc1. The normalized spacial score (nSPS) is 13.6. The van der Waals surface area contributed by atoms with Crippen LogP contribution in [0.5, 0.6) is 17.2 Å². The van der Waals surface area contributed by atoms with Gasteiger partial charge in [-0.1, -0.05) is 32.0 Å². The van der Waals surface area contributed by atoms with Crippen LogP contribution in [-0.4, -0.2) is 43.0 Å². The Morgan fingerprint density at radius 1 is 1.03 bits per heavy atom. The van der Waals surface area contributed by atoms with Gasteiger partial charge in [0.15, 0.2) is 11.5 Å². The molecule has 0 aliphatic carbocycles. The van der Waals surface area contributed by atoms with Crippen LogP contribution in [0.25, 0.3) is 0 Å². The van der Waals surface area contributed by atoms with Crippen molar-refractivity contribution >= 4 is 17.9 Å². The summed E-state index contributed by atoms with van der Waals surface area (Å²) in [4.78, 5) is 37.1. The van der Waals surface area contributed by atoms with E-state index in [9.17, 15) is 19.5 Å². The van der Waals surface area contributed by atoms with Gasteiger partial charge >= 0.3 is 12.0 Å². The fourth-order valence-corrected chi connectivity index (χ4v) is 3.67. The van der Waals surface area contributed by atoms with Gasteiger partial charge in [-0.2, -0.15) is 0 Å². The number of urea groups is 1. The van der Waals surface area contributed by atoms with Crippen molar-refractivity contribution in [1.29, 1.82) is 0 Å². The van der Waals surface area contributed by atoms with Gasteiger partial charge in [0.2, 0.25) is 12.7 Å². The van der Waals surface area contributed by atoms with Gasteiger partial charge in [0.05, 0.1) is 19.6 Å². The van der Waals surface area contributed by atoms with Gasteiger partial charge in [-0.15, -0.1) is 0 Å². The van der Waals surface area contributed by atoms with E-state index in [2.05, 4.69) is 16.0 Å². The Morgan fingerprint density at radius 3 is 2.40 bits per heavy atom. The number of hydrogen-bond donors (Lipinski definition) is 4. The van der Waals surface area contributed by atoms with E-state index in [0.717, 1.165) is 11.3 Å². The zero-order valence-electron chi connectivity index (χ0n) is 20.0. The molecule has 1 aliphatic rings. The number of carboxylic acids is 1. The van der Waals surface area contributed by atoms with Crippen LogP contribution in [-0.2, 0) is 16.1 Å². The van der Waals surface area contributed by atoms with E-state index in [1.165, 1.54) is 0 Å². The highest BCUT2D eigenvalue weighted by Crippen LogP contribution is 2.34. The third kappa shape index (κ3) is 7.53. The van der Waals surface area contributed by atoms with E-state index in [1.807, 2.05) is 26.0 Å². The third-order valence-corrected chi connectivity index (χ3v) is 5.44. The molecule has 1 heterocycles. The number of carbonyl (C=O) groups is 3. The van der Waals surface area contributed by atoms with Crippen LogP contribution < -0.4 is 30.2 Å². The molecule has 2 atom stereocenters. The van der Waals surface area contributed by atoms with Crippen molar-refractivity contribution in [3.05, 3.63) is 53.6 Å². The summed E-state index contributed by atoms with van der Waals surface area (Å²) in [5, 5.41) is 17.6. The van der Waals surface area contributed by atoms with Crippen LogP contribution in [0.4, 0.5) is 4.79 Å². The molecular weight excluding hydrogens is 454 g/mol. The summed E-state index contributed by atoms with van der Waals surface area (Å²) in [6, 6.07) is 10.0. The number of methoxy groups -OCH3 is 1. The topological polar surface area (TPSA) is 135 Å². The molecule has 1 unspecified atom stereocenters. The third-order valence-electron chi connectivity index (χ3n) is 5.44. The maximum Gasteiger partial charge on any atom is 0.315 e.